The number of non-ortho nitro benzene ring substituents is 1. The molecule has 12 heteroatoms. The Morgan fingerprint density at radius 3 is 2.31 bits per heavy atom. The molecule has 0 aliphatic rings. The monoisotopic (exact) mass is 485 g/mol. The molecular weight excluding hydrogens is 471 g/mol. The van der Waals surface area contributed by atoms with Crippen LogP contribution in [0.2, 0.25) is 0 Å². The van der Waals surface area contributed by atoms with Crippen molar-refractivity contribution in [1.29, 1.82) is 0 Å². The largest absolute Gasteiger partial charge is 0.573 e. The second-order valence-corrected chi connectivity index (χ2v) is 7.09. The number of nitrogens with zero attached hydrogens (tertiary/aromatic N) is 1. The second-order valence-electron chi connectivity index (χ2n) is 7.09. The summed E-state index contributed by atoms with van der Waals surface area (Å²) in [7, 11) is 0. The van der Waals surface area contributed by atoms with Gasteiger partial charge in [0.05, 0.1) is 4.92 Å². The number of furan rings is 1. The summed E-state index contributed by atoms with van der Waals surface area (Å²) in [5, 5.41) is 16.4. The summed E-state index contributed by atoms with van der Waals surface area (Å²) in [6, 6.07) is 15.9. The first-order valence-corrected chi connectivity index (χ1v) is 9.85. The minimum Gasteiger partial charge on any atom is -0.449 e. The van der Waals surface area contributed by atoms with Gasteiger partial charge in [0, 0.05) is 28.8 Å². The quantitative estimate of drug-likeness (QED) is 0.265. The molecule has 9 nitrogen and oxygen atoms in total. The molecule has 4 rings (SSSR count). The van der Waals surface area contributed by atoms with Crippen LogP contribution in [0.5, 0.6) is 5.75 Å². The Bertz CT molecular complexity index is 1430. The van der Waals surface area contributed by atoms with Gasteiger partial charge in [-0.15, -0.1) is 13.2 Å². The van der Waals surface area contributed by atoms with E-state index in [0.717, 1.165) is 18.2 Å². The molecule has 2 N–H and O–H groups in total. The van der Waals surface area contributed by atoms with Crippen molar-refractivity contribution in [2.45, 2.75) is 6.36 Å². The summed E-state index contributed by atoms with van der Waals surface area (Å²) in [6.07, 6.45) is -4.86. The van der Waals surface area contributed by atoms with Crippen LogP contribution in [-0.4, -0.2) is 23.1 Å². The smallest absolute Gasteiger partial charge is 0.449 e. The molecule has 0 fully saturated rings. The van der Waals surface area contributed by atoms with Crippen molar-refractivity contribution in [2.75, 3.05) is 10.6 Å². The lowest BCUT2D eigenvalue weighted by Gasteiger charge is -2.10. The van der Waals surface area contributed by atoms with Crippen LogP contribution in [0.4, 0.5) is 30.2 Å². The average molecular weight is 485 g/mol. The van der Waals surface area contributed by atoms with Crippen molar-refractivity contribution in [1.82, 2.24) is 0 Å². The van der Waals surface area contributed by atoms with Crippen molar-refractivity contribution in [2.24, 2.45) is 0 Å². The lowest BCUT2D eigenvalue weighted by atomic mass is 10.1. The van der Waals surface area contributed by atoms with Crippen molar-refractivity contribution in [3.05, 3.63) is 94.2 Å². The maximum Gasteiger partial charge on any atom is 0.573 e. The van der Waals surface area contributed by atoms with E-state index in [4.69, 9.17) is 4.42 Å². The third-order valence-corrected chi connectivity index (χ3v) is 4.71. The predicted octanol–water partition coefficient (Wildman–Crippen LogP) is 5.74. The zero-order chi connectivity index (χ0) is 25.2. The molecule has 178 valence electrons. The van der Waals surface area contributed by atoms with Gasteiger partial charge < -0.3 is 19.8 Å². The maximum absolute atomic E-state index is 12.9. The SMILES string of the molecule is O=C(Nc1c(C(=O)Nc2ccc(OC(F)(F)F)cc2)oc2ccccc12)c1cccc([N+](=O)[O-])c1. The lowest BCUT2D eigenvalue weighted by molar-refractivity contribution is -0.384. The van der Waals surface area contributed by atoms with Gasteiger partial charge in [0.2, 0.25) is 5.76 Å². The van der Waals surface area contributed by atoms with E-state index in [-0.39, 0.29) is 34.0 Å². The van der Waals surface area contributed by atoms with Crippen LogP contribution in [0.25, 0.3) is 11.0 Å². The van der Waals surface area contributed by atoms with E-state index in [1.165, 1.54) is 30.3 Å². The molecule has 35 heavy (non-hydrogen) atoms. The Labute approximate surface area is 194 Å². The number of fused-ring (bicyclic) bond motifs is 1. The Kier molecular flexibility index (Phi) is 6.10. The highest BCUT2D eigenvalue weighted by molar-refractivity contribution is 6.17. The van der Waals surface area contributed by atoms with Gasteiger partial charge in [-0.3, -0.25) is 19.7 Å². The fourth-order valence-electron chi connectivity index (χ4n) is 3.20. The van der Waals surface area contributed by atoms with E-state index in [9.17, 15) is 32.9 Å². The van der Waals surface area contributed by atoms with Crippen LogP contribution < -0.4 is 15.4 Å². The number of amides is 2. The summed E-state index contributed by atoms with van der Waals surface area (Å²) in [6.45, 7) is 0. The topological polar surface area (TPSA) is 124 Å². The average Bonchev–Trinajstić information content (AvgIpc) is 3.18. The first-order chi connectivity index (χ1) is 16.6. The Morgan fingerprint density at radius 1 is 0.914 bits per heavy atom. The van der Waals surface area contributed by atoms with E-state index in [2.05, 4.69) is 15.4 Å². The number of ether oxygens (including phenoxy) is 1. The van der Waals surface area contributed by atoms with Crippen molar-refractivity contribution < 1.29 is 36.8 Å². The third-order valence-electron chi connectivity index (χ3n) is 4.71. The lowest BCUT2D eigenvalue weighted by Crippen LogP contribution is -2.18. The zero-order valence-electron chi connectivity index (χ0n) is 17.5. The molecule has 0 bridgehead atoms. The molecule has 3 aromatic carbocycles. The summed E-state index contributed by atoms with van der Waals surface area (Å²) in [4.78, 5) is 36.1. The van der Waals surface area contributed by atoms with Crippen molar-refractivity contribution >= 4 is 39.8 Å². The molecule has 4 aromatic rings. The van der Waals surface area contributed by atoms with Gasteiger partial charge >= 0.3 is 6.36 Å². The van der Waals surface area contributed by atoms with Crippen LogP contribution >= 0.6 is 0 Å². The minimum absolute atomic E-state index is 0.0175. The number of nitrogens with one attached hydrogen (secondary N) is 2. The number of para-hydroxylation sites is 1. The van der Waals surface area contributed by atoms with Gasteiger partial charge in [-0.2, -0.15) is 0 Å². The molecule has 0 radical (unpaired) electrons. The van der Waals surface area contributed by atoms with E-state index in [0.29, 0.717) is 5.39 Å². The predicted molar refractivity (Wildman–Crippen MR) is 118 cm³/mol. The van der Waals surface area contributed by atoms with Gasteiger partial charge in [-0.1, -0.05) is 18.2 Å². The standard InChI is InChI=1S/C23H14F3N3O6/c24-23(25,26)35-16-10-8-14(9-11-16)27-22(31)20-19(17-6-1-2-7-18(17)34-20)28-21(30)13-4-3-5-15(12-13)29(32)33/h1-12H,(H,27,31)(H,28,30). The molecule has 0 spiro atoms. The Balaban J connectivity index is 1.61. The number of benzene rings is 3. The number of rotatable bonds is 6. The normalized spacial score (nSPS) is 11.2. The van der Waals surface area contributed by atoms with Crippen molar-refractivity contribution in [3.8, 4) is 5.75 Å². The Hall–Kier alpha value is -4.87. The second kappa shape index (κ2) is 9.17. The maximum atomic E-state index is 12.9. The Morgan fingerprint density at radius 2 is 1.63 bits per heavy atom. The number of hydrogen-bond donors (Lipinski definition) is 2. The molecule has 0 aliphatic heterocycles. The highest BCUT2D eigenvalue weighted by atomic mass is 19.4. The number of hydrogen-bond acceptors (Lipinski definition) is 6. The summed E-state index contributed by atoms with van der Waals surface area (Å²) in [5.41, 5.74) is 0.134. The van der Waals surface area contributed by atoms with E-state index in [1.807, 2.05) is 0 Å². The molecule has 0 unspecified atom stereocenters. The number of nitro groups is 1. The van der Waals surface area contributed by atoms with E-state index < -0.39 is 28.8 Å². The van der Waals surface area contributed by atoms with E-state index >= 15 is 0 Å². The fraction of sp³-hybridized carbons (Fsp3) is 0.0435. The van der Waals surface area contributed by atoms with E-state index in [1.54, 1.807) is 24.3 Å². The highest BCUT2D eigenvalue weighted by Crippen LogP contribution is 2.32. The number of halogens is 3. The summed E-state index contributed by atoms with van der Waals surface area (Å²) < 4.78 is 46.4. The molecule has 0 atom stereocenters. The van der Waals surface area contributed by atoms with Gasteiger partial charge in [-0.05, 0) is 42.5 Å². The van der Waals surface area contributed by atoms with Crippen LogP contribution in [0.15, 0.2) is 77.2 Å². The van der Waals surface area contributed by atoms with Crippen molar-refractivity contribution in [3.63, 3.8) is 0 Å². The van der Waals surface area contributed by atoms with Gasteiger partial charge in [0.25, 0.3) is 17.5 Å². The van der Waals surface area contributed by atoms with Crippen LogP contribution in [0, 0.1) is 10.1 Å². The van der Waals surface area contributed by atoms with Crippen LogP contribution in [0.1, 0.15) is 20.9 Å². The number of alkyl halides is 3. The van der Waals surface area contributed by atoms with Crippen LogP contribution in [-0.2, 0) is 0 Å². The summed E-state index contributed by atoms with van der Waals surface area (Å²) >= 11 is 0. The number of carbonyl (C=O) groups is 2. The number of anilines is 2. The molecule has 0 saturated carbocycles. The first-order valence-electron chi connectivity index (χ1n) is 9.85. The fourth-order valence-corrected chi connectivity index (χ4v) is 3.20. The van der Waals surface area contributed by atoms with Gasteiger partial charge in [0.15, 0.2) is 0 Å². The molecule has 0 saturated heterocycles. The highest BCUT2D eigenvalue weighted by Gasteiger charge is 2.31. The number of nitro benzene ring substituents is 1. The number of carbonyl (C=O) groups excluding carboxylic acids is 2. The summed E-state index contributed by atoms with van der Waals surface area (Å²) in [5.74, 6) is -2.26. The van der Waals surface area contributed by atoms with Crippen LogP contribution in [0.3, 0.4) is 0 Å². The molecular formula is C23H14F3N3O6. The zero-order valence-corrected chi connectivity index (χ0v) is 17.5. The van der Waals surface area contributed by atoms with Gasteiger partial charge in [0.1, 0.15) is 17.0 Å². The first kappa shape index (κ1) is 23.3. The molecule has 0 aliphatic carbocycles. The molecule has 1 heterocycles. The minimum atomic E-state index is -4.86. The van der Waals surface area contributed by atoms with Gasteiger partial charge in [-0.25, -0.2) is 0 Å². The molecule has 2 amide bonds. The third kappa shape index (κ3) is 5.38. The molecule has 1 aromatic heterocycles.